The van der Waals surface area contributed by atoms with Crippen molar-refractivity contribution in [1.29, 1.82) is 0 Å². The zero-order valence-electron chi connectivity index (χ0n) is 8.80. The van der Waals surface area contributed by atoms with Crippen LogP contribution in [0, 0.1) is 0 Å². The van der Waals surface area contributed by atoms with Crippen molar-refractivity contribution in [1.82, 2.24) is 14.5 Å². The van der Waals surface area contributed by atoms with Crippen LogP contribution in [0.5, 0.6) is 0 Å². The Hall–Kier alpha value is -1.20. The van der Waals surface area contributed by atoms with E-state index in [0.717, 1.165) is 16.8 Å². The number of thiophene rings is 1. The molecular formula is C10H13N3OS. The van der Waals surface area contributed by atoms with Gasteiger partial charge in [0.05, 0.1) is 11.8 Å². The van der Waals surface area contributed by atoms with Crippen molar-refractivity contribution in [3.63, 3.8) is 0 Å². The largest absolute Gasteiger partial charge is 0.308 e. The lowest BCUT2D eigenvalue weighted by atomic mass is 10.4. The highest BCUT2D eigenvalue weighted by Crippen LogP contribution is 2.12. The Kier molecular flexibility index (Phi) is 2.83. The molecule has 0 amide bonds. The van der Waals surface area contributed by atoms with Gasteiger partial charge in [0.25, 0.3) is 5.56 Å². The maximum atomic E-state index is 11.9. The first-order valence-electron chi connectivity index (χ1n) is 4.76. The smallest absolute Gasteiger partial charge is 0.271 e. The van der Waals surface area contributed by atoms with Crippen molar-refractivity contribution in [3.8, 4) is 0 Å². The average molecular weight is 223 g/mol. The second-order valence-electron chi connectivity index (χ2n) is 3.68. The maximum absolute atomic E-state index is 11.9. The van der Waals surface area contributed by atoms with Crippen molar-refractivity contribution < 1.29 is 0 Å². The molecule has 2 rings (SSSR count). The van der Waals surface area contributed by atoms with Gasteiger partial charge in [0.15, 0.2) is 0 Å². The summed E-state index contributed by atoms with van der Waals surface area (Å²) in [6, 6.07) is 1.87. The molecule has 2 heterocycles. The molecule has 0 N–H and O–H groups in total. The molecule has 0 saturated heterocycles. The van der Waals surface area contributed by atoms with Crippen LogP contribution in [-0.2, 0) is 6.54 Å². The molecule has 0 bridgehead atoms. The fourth-order valence-corrected chi connectivity index (χ4v) is 2.14. The zero-order valence-corrected chi connectivity index (χ0v) is 9.62. The van der Waals surface area contributed by atoms with Crippen LogP contribution < -0.4 is 5.56 Å². The van der Waals surface area contributed by atoms with Crippen molar-refractivity contribution in [2.75, 3.05) is 20.6 Å². The van der Waals surface area contributed by atoms with Crippen molar-refractivity contribution in [2.24, 2.45) is 0 Å². The molecule has 2 aromatic rings. The second-order valence-corrected chi connectivity index (χ2v) is 4.60. The van der Waals surface area contributed by atoms with Gasteiger partial charge < -0.3 is 4.90 Å². The Bertz CT molecular complexity index is 515. The van der Waals surface area contributed by atoms with Crippen LogP contribution in [0.1, 0.15) is 0 Å². The van der Waals surface area contributed by atoms with Crippen LogP contribution in [0.15, 0.2) is 22.6 Å². The molecular weight excluding hydrogens is 210 g/mol. The molecule has 0 atom stereocenters. The van der Waals surface area contributed by atoms with E-state index in [9.17, 15) is 4.79 Å². The lowest BCUT2D eigenvalue weighted by molar-refractivity contribution is 0.380. The van der Waals surface area contributed by atoms with Gasteiger partial charge in [-0.2, -0.15) is 0 Å². The minimum Gasteiger partial charge on any atom is -0.308 e. The molecule has 0 aliphatic heterocycles. The van der Waals surface area contributed by atoms with E-state index in [1.165, 1.54) is 11.3 Å². The topological polar surface area (TPSA) is 38.1 Å². The number of aromatic nitrogens is 2. The molecule has 0 aromatic carbocycles. The van der Waals surface area contributed by atoms with Crippen LogP contribution in [0.2, 0.25) is 0 Å². The first-order chi connectivity index (χ1) is 7.18. The molecule has 0 saturated carbocycles. The maximum Gasteiger partial charge on any atom is 0.271 e. The zero-order chi connectivity index (χ0) is 10.8. The van der Waals surface area contributed by atoms with Gasteiger partial charge in [0.1, 0.15) is 4.70 Å². The molecule has 80 valence electrons. The van der Waals surface area contributed by atoms with Crippen LogP contribution in [0.3, 0.4) is 0 Å². The predicted molar refractivity (Wildman–Crippen MR) is 62.4 cm³/mol. The molecule has 15 heavy (non-hydrogen) atoms. The summed E-state index contributed by atoms with van der Waals surface area (Å²) in [5, 5.41) is 1.90. The highest BCUT2D eigenvalue weighted by atomic mass is 32.1. The summed E-state index contributed by atoms with van der Waals surface area (Å²) in [4.78, 5) is 18.2. The van der Waals surface area contributed by atoms with Crippen LogP contribution >= 0.6 is 11.3 Å². The van der Waals surface area contributed by atoms with Gasteiger partial charge >= 0.3 is 0 Å². The number of nitrogens with zero attached hydrogens (tertiary/aromatic N) is 3. The molecule has 0 aliphatic carbocycles. The monoisotopic (exact) mass is 223 g/mol. The summed E-state index contributed by atoms with van der Waals surface area (Å²) in [5.41, 5.74) is 0.864. The van der Waals surface area contributed by atoms with E-state index >= 15 is 0 Å². The fraction of sp³-hybridized carbons (Fsp3) is 0.400. The third kappa shape index (κ3) is 2.08. The van der Waals surface area contributed by atoms with Gasteiger partial charge in [0, 0.05) is 13.1 Å². The molecule has 0 aliphatic rings. The lowest BCUT2D eigenvalue weighted by Crippen LogP contribution is -2.26. The molecule has 2 aromatic heterocycles. The third-order valence-corrected chi connectivity index (χ3v) is 3.12. The number of rotatable bonds is 3. The van der Waals surface area contributed by atoms with Crippen LogP contribution in [0.25, 0.3) is 10.2 Å². The number of fused-ring (bicyclic) bond motifs is 1. The normalized spacial score (nSPS) is 11.4. The molecule has 5 heteroatoms. The molecule has 0 fully saturated rings. The minimum absolute atomic E-state index is 0.0665. The van der Waals surface area contributed by atoms with Gasteiger partial charge in [-0.3, -0.25) is 9.36 Å². The molecule has 4 nitrogen and oxygen atoms in total. The molecule has 0 unspecified atom stereocenters. The van der Waals surface area contributed by atoms with Gasteiger partial charge in [0.2, 0.25) is 0 Å². The number of likely N-dealkylation sites (N-methyl/N-ethyl adjacent to an activating group) is 1. The average Bonchev–Trinajstić information content (AvgIpc) is 2.65. The van der Waals surface area contributed by atoms with Gasteiger partial charge in [-0.15, -0.1) is 11.3 Å². The van der Waals surface area contributed by atoms with E-state index in [2.05, 4.69) is 4.98 Å². The Morgan fingerprint density at radius 1 is 1.53 bits per heavy atom. The highest BCUT2D eigenvalue weighted by Gasteiger charge is 2.04. The van der Waals surface area contributed by atoms with E-state index in [1.54, 1.807) is 10.9 Å². The van der Waals surface area contributed by atoms with E-state index in [1.807, 2.05) is 30.4 Å². The van der Waals surface area contributed by atoms with Gasteiger partial charge in [-0.25, -0.2) is 4.98 Å². The molecule has 0 radical (unpaired) electrons. The lowest BCUT2D eigenvalue weighted by Gasteiger charge is -2.10. The van der Waals surface area contributed by atoms with Crippen molar-refractivity contribution >= 4 is 21.6 Å². The second kappa shape index (κ2) is 4.12. The number of hydrogen-bond acceptors (Lipinski definition) is 4. The van der Waals surface area contributed by atoms with E-state index in [-0.39, 0.29) is 5.56 Å². The summed E-state index contributed by atoms with van der Waals surface area (Å²) < 4.78 is 2.41. The SMILES string of the molecule is CN(C)CCn1cnc2ccsc2c1=O. The van der Waals surface area contributed by atoms with Crippen LogP contribution in [0.4, 0.5) is 0 Å². The standard InChI is InChI=1S/C10H13N3OS/c1-12(2)4-5-13-7-11-8-3-6-15-9(8)10(13)14/h3,6-7H,4-5H2,1-2H3. The van der Waals surface area contributed by atoms with E-state index in [4.69, 9.17) is 0 Å². The van der Waals surface area contributed by atoms with Gasteiger partial charge in [-0.1, -0.05) is 0 Å². The summed E-state index contributed by atoms with van der Waals surface area (Å²) in [6.07, 6.45) is 1.63. The predicted octanol–water partition coefficient (Wildman–Crippen LogP) is 1.02. The minimum atomic E-state index is 0.0665. The van der Waals surface area contributed by atoms with Crippen molar-refractivity contribution in [3.05, 3.63) is 28.1 Å². The van der Waals surface area contributed by atoms with E-state index < -0.39 is 0 Å². The molecule has 0 spiro atoms. The highest BCUT2D eigenvalue weighted by molar-refractivity contribution is 7.17. The van der Waals surface area contributed by atoms with Crippen molar-refractivity contribution in [2.45, 2.75) is 6.54 Å². The Morgan fingerprint density at radius 3 is 3.07 bits per heavy atom. The third-order valence-electron chi connectivity index (χ3n) is 2.22. The van der Waals surface area contributed by atoms with E-state index in [0.29, 0.717) is 6.54 Å². The Morgan fingerprint density at radius 2 is 2.33 bits per heavy atom. The summed E-state index contributed by atoms with van der Waals surface area (Å²) in [6.45, 7) is 1.53. The summed E-state index contributed by atoms with van der Waals surface area (Å²) in [7, 11) is 3.98. The summed E-state index contributed by atoms with van der Waals surface area (Å²) in [5.74, 6) is 0. The quantitative estimate of drug-likeness (QED) is 0.779. The first-order valence-corrected chi connectivity index (χ1v) is 5.64. The number of hydrogen-bond donors (Lipinski definition) is 0. The Balaban J connectivity index is 2.36. The summed E-state index contributed by atoms with van der Waals surface area (Å²) >= 11 is 1.45. The van der Waals surface area contributed by atoms with Crippen LogP contribution in [-0.4, -0.2) is 35.1 Å². The Labute approximate surface area is 91.8 Å². The fourth-order valence-electron chi connectivity index (χ4n) is 1.35. The first kappa shape index (κ1) is 10.3. The van der Waals surface area contributed by atoms with Gasteiger partial charge in [-0.05, 0) is 25.5 Å².